The highest BCUT2D eigenvalue weighted by atomic mass is 32.2. The second-order valence-corrected chi connectivity index (χ2v) is 6.03. The van der Waals surface area contributed by atoms with Crippen molar-refractivity contribution in [3.63, 3.8) is 0 Å². The van der Waals surface area contributed by atoms with E-state index in [0.717, 1.165) is 18.3 Å². The lowest BCUT2D eigenvalue weighted by molar-refractivity contribution is 0.596. The van der Waals surface area contributed by atoms with Crippen molar-refractivity contribution in [3.05, 3.63) is 30.3 Å². The number of unbranched alkanes of at least 4 members (excludes halogenated alkanes) is 1. The molecule has 5 heteroatoms. The molecule has 0 fully saturated rings. The van der Waals surface area contributed by atoms with Crippen molar-refractivity contribution in [2.45, 2.75) is 33.0 Å². The van der Waals surface area contributed by atoms with Crippen molar-refractivity contribution >= 4 is 21.3 Å². The standard InChI is InChI=1S/C12H20BNO2S/c1-3-5-11-13(17(15,16)14-4-2)12-9-7-6-8-10-12/h6-10,14H,3-5,11H2,1-2H3. The van der Waals surface area contributed by atoms with E-state index in [9.17, 15) is 8.42 Å². The van der Waals surface area contributed by atoms with Gasteiger partial charge in [-0.2, -0.15) is 0 Å². The summed E-state index contributed by atoms with van der Waals surface area (Å²) >= 11 is 0. The number of nitrogens with one attached hydrogen (secondary N) is 1. The van der Waals surface area contributed by atoms with Crippen LogP contribution in [0.3, 0.4) is 0 Å². The Morgan fingerprint density at radius 3 is 2.35 bits per heavy atom. The molecular formula is C12H20BNO2S. The molecule has 1 N–H and O–H groups in total. The van der Waals surface area contributed by atoms with Crippen molar-refractivity contribution in [1.82, 2.24) is 4.72 Å². The maximum Gasteiger partial charge on any atom is 0.343 e. The van der Waals surface area contributed by atoms with Gasteiger partial charge in [-0.1, -0.05) is 68.8 Å². The zero-order chi connectivity index (χ0) is 12.7. The number of benzene rings is 1. The molecule has 0 radical (unpaired) electrons. The summed E-state index contributed by atoms with van der Waals surface area (Å²) in [6, 6.07) is 9.44. The van der Waals surface area contributed by atoms with Crippen LogP contribution in [-0.4, -0.2) is 21.0 Å². The van der Waals surface area contributed by atoms with E-state index in [4.69, 9.17) is 0 Å². The van der Waals surface area contributed by atoms with Gasteiger partial charge in [0.25, 0.3) is 0 Å². The number of rotatable bonds is 7. The monoisotopic (exact) mass is 253 g/mol. The normalized spacial score (nSPS) is 11.4. The fourth-order valence-corrected chi connectivity index (χ4v) is 3.46. The summed E-state index contributed by atoms with van der Waals surface area (Å²) < 4.78 is 26.9. The van der Waals surface area contributed by atoms with Crippen LogP contribution in [0, 0.1) is 0 Å². The number of hydrogen-bond donors (Lipinski definition) is 1. The second-order valence-electron chi connectivity index (χ2n) is 4.08. The molecule has 94 valence electrons. The lowest BCUT2D eigenvalue weighted by Gasteiger charge is -2.14. The Bertz CT molecular complexity index is 419. The van der Waals surface area contributed by atoms with Gasteiger partial charge in [-0.25, -0.2) is 13.1 Å². The molecule has 0 heterocycles. The van der Waals surface area contributed by atoms with E-state index in [1.165, 1.54) is 0 Å². The minimum Gasteiger partial charge on any atom is -0.225 e. The fourth-order valence-electron chi connectivity index (χ4n) is 1.86. The van der Waals surface area contributed by atoms with Crippen LogP contribution >= 0.6 is 0 Å². The summed E-state index contributed by atoms with van der Waals surface area (Å²) in [5.74, 6) is -0.427. The molecule has 0 saturated heterocycles. The van der Waals surface area contributed by atoms with Crippen LogP contribution in [0.1, 0.15) is 26.7 Å². The van der Waals surface area contributed by atoms with Crippen molar-refractivity contribution in [1.29, 1.82) is 0 Å². The molecule has 3 nitrogen and oxygen atoms in total. The highest BCUT2D eigenvalue weighted by Gasteiger charge is 2.31. The van der Waals surface area contributed by atoms with Crippen LogP contribution in [0.25, 0.3) is 0 Å². The Balaban J connectivity index is 2.96. The zero-order valence-electron chi connectivity index (χ0n) is 10.5. The van der Waals surface area contributed by atoms with E-state index < -0.39 is 15.9 Å². The van der Waals surface area contributed by atoms with Gasteiger partial charge in [0.15, 0.2) is 9.87 Å². The Hall–Kier alpha value is -0.805. The van der Waals surface area contributed by atoms with Crippen molar-refractivity contribution in [2.24, 2.45) is 0 Å². The Morgan fingerprint density at radius 1 is 1.18 bits per heavy atom. The van der Waals surface area contributed by atoms with Gasteiger partial charge in [-0.3, -0.25) is 0 Å². The molecule has 0 amide bonds. The first kappa shape index (κ1) is 14.3. The molecule has 0 unspecified atom stereocenters. The summed E-state index contributed by atoms with van der Waals surface area (Å²) in [7, 11) is -3.25. The first-order valence-electron chi connectivity index (χ1n) is 6.15. The quantitative estimate of drug-likeness (QED) is 0.750. The molecule has 1 rings (SSSR count). The summed E-state index contributed by atoms with van der Waals surface area (Å²) in [5.41, 5.74) is 0.877. The summed E-state index contributed by atoms with van der Waals surface area (Å²) in [6.45, 7) is 4.32. The zero-order valence-corrected chi connectivity index (χ0v) is 11.3. The van der Waals surface area contributed by atoms with Gasteiger partial charge in [0.1, 0.15) is 0 Å². The van der Waals surface area contributed by atoms with Crippen LogP contribution in [0.2, 0.25) is 6.32 Å². The largest absolute Gasteiger partial charge is 0.343 e. The van der Waals surface area contributed by atoms with E-state index in [-0.39, 0.29) is 0 Å². The highest BCUT2D eigenvalue weighted by Crippen LogP contribution is 2.07. The first-order chi connectivity index (χ1) is 8.11. The summed E-state index contributed by atoms with van der Waals surface area (Å²) in [4.78, 5) is 0. The predicted octanol–water partition coefficient (Wildman–Crippen LogP) is 1.62. The Morgan fingerprint density at radius 2 is 1.82 bits per heavy atom. The minimum atomic E-state index is -3.25. The van der Waals surface area contributed by atoms with E-state index in [1.807, 2.05) is 30.3 Å². The average molecular weight is 253 g/mol. The van der Waals surface area contributed by atoms with Crippen LogP contribution in [0.15, 0.2) is 30.3 Å². The molecule has 1 aromatic carbocycles. The van der Waals surface area contributed by atoms with Gasteiger partial charge in [0.2, 0.25) is 0 Å². The molecule has 0 aliphatic heterocycles. The highest BCUT2D eigenvalue weighted by molar-refractivity contribution is 8.18. The van der Waals surface area contributed by atoms with Gasteiger partial charge < -0.3 is 0 Å². The molecule has 0 aliphatic carbocycles. The van der Waals surface area contributed by atoms with Crippen LogP contribution in [-0.2, 0) is 9.87 Å². The molecule has 0 aromatic heterocycles. The van der Waals surface area contributed by atoms with Gasteiger partial charge in [-0.05, 0) is 0 Å². The second kappa shape index (κ2) is 6.82. The average Bonchev–Trinajstić information content (AvgIpc) is 2.30. The number of hydrogen-bond acceptors (Lipinski definition) is 2. The van der Waals surface area contributed by atoms with Gasteiger partial charge >= 0.3 is 5.99 Å². The lowest BCUT2D eigenvalue weighted by atomic mass is 9.64. The van der Waals surface area contributed by atoms with Crippen molar-refractivity contribution in [3.8, 4) is 0 Å². The Kier molecular flexibility index (Phi) is 5.72. The van der Waals surface area contributed by atoms with Crippen LogP contribution < -0.4 is 10.2 Å². The molecule has 0 saturated carbocycles. The van der Waals surface area contributed by atoms with Crippen LogP contribution in [0.5, 0.6) is 0 Å². The van der Waals surface area contributed by atoms with Gasteiger partial charge in [0, 0.05) is 6.54 Å². The van der Waals surface area contributed by atoms with Gasteiger partial charge in [-0.15, -0.1) is 0 Å². The minimum absolute atomic E-state index is 0.427. The molecule has 17 heavy (non-hydrogen) atoms. The molecule has 0 atom stereocenters. The fraction of sp³-hybridized carbons (Fsp3) is 0.500. The maximum atomic E-state index is 12.1. The maximum absolute atomic E-state index is 12.1. The predicted molar refractivity (Wildman–Crippen MR) is 74.1 cm³/mol. The molecule has 1 aromatic rings. The Labute approximate surface area is 105 Å². The van der Waals surface area contributed by atoms with E-state index in [0.29, 0.717) is 12.9 Å². The van der Waals surface area contributed by atoms with E-state index in [1.54, 1.807) is 6.92 Å². The van der Waals surface area contributed by atoms with E-state index in [2.05, 4.69) is 11.6 Å². The summed E-state index contributed by atoms with van der Waals surface area (Å²) in [5, 5.41) is 0. The smallest absolute Gasteiger partial charge is 0.225 e. The lowest BCUT2D eigenvalue weighted by Crippen LogP contribution is -2.45. The third kappa shape index (κ3) is 4.17. The third-order valence-electron chi connectivity index (χ3n) is 2.71. The third-order valence-corrected chi connectivity index (χ3v) is 4.66. The SMILES string of the molecule is CCCCB(c1ccccc1)S(=O)(=O)NCC. The van der Waals surface area contributed by atoms with Crippen molar-refractivity contribution < 1.29 is 8.42 Å². The topological polar surface area (TPSA) is 46.2 Å². The summed E-state index contributed by atoms with van der Waals surface area (Å²) in [6.07, 6.45) is 2.60. The first-order valence-corrected chi connectivity index (χ1v) is 7.69. The molecule has 0 spiro atoms. The van der Waals surface area contributed by atoms with Crippen molar-refractivity contribution in [2.75, 3.05) is 6.54 Å². The van der Waals surface area contributed by atoms with E-state index >= 15 is 0 Å². The molecular weight excluding hydrogens is 233 g/mol. The van der Waals surface area contributed by atoms with Gasteiger partial charge in [0.05, 0.1) is 0 Å². The van der Waals surface area contributed by atoms with Crippen LogP contribution in [0.4, 0.5) is 0 Å². The molecule has 0 aliphatic rings. The molecule has 0 bridgehead atoms.